The number of aliphatic carboxylic acids is 1. The number of ether oxygens (including phenoxy) is 1. The van der Waals surface area contributed by atoms with E-state index in [9.17, 15) is 9.90 Å². The monoisotopic (exact) mass is 291 g/mol. The maximum Gasteiger partial charge on any atom is 0.324 e. The molecule has 1 aliphatic rings. The molecule has 0 aliphatic carbocycles. The second kappa shape index (κ2) is 7.46. The molecule has 1 unspecified atom stereocenters. The van der Waals surface area contributed by atoms with E-state index in [1.165, 1.54) is 0 Å². The summed E-state index contributed by atoms with van der Waals surface area (Å²) >= 11 is 0. The predicted molar refractivity (Wildman–Crippen MR) is 82.6 cm³/mol. The van der Waals surface area contributed by atoms with Gasteiger partial charge in [0, 0.05) is 6.54 Å². The Kier molecular flexibility index (Phi) is 5.62. The van der Waals surface area contributed by atoms with Gasteiger partial charge in [0.25, 0.3) is 0 Å². The number of rotatable bonds is 8. The highest BCUT2D eigenvalue weighted by Gasteiger charge is 2.46. The first-order valence-corrected chi connectivity index (χ1v) is 7.85. The van der Waals surface area contributed by atoms with Crippen molar-refractivity contribution in [1.29, 1.82) is 0 Å². The number of benzene rings is 1. The van der Waals surface area contributed by atoms with Crippen molar-refractivity contribution in [2.24, 2.45) is 0 Å². The zero-order chi connectivity index (χ0) is 15.1. The lowest BCUT2D eigenvalue weighted by atomic mass is 9.90. The van der Waals surface area contributed by atoms with Gasteiger partial charge in [0.1, 0.15) is 11.3 Å². The maximum atomic E-state index is 11.7. The van der Waals surface area contributed by atoms with Gasteiger partial charge in [0.2, 0.25) is 0 Å². The van der Waals surface area contributed by atoms with Crippen LogP contribution in [-0.2, 0) is 4.79 Å². The van der Waals surface area contributed by atoms with E-state index in [0.29, 0.717) is 6.61 Å². The molecule has 1 fully saturated rings. The highest BCUT2D eigenvalue weighted by molar-refractivity contribution is 5.79. The van der Waals surface area contributed by atoms with Crippen LogP contribution < -0.4 is 4.74 Å². The summed E-state index contributed by atoms with van der Waals surface area (Å²) in [6, 6.07) is 9.74. The fraction of sp³-hybridized carbons (Fsp3) is 0.588. The van der Waals surface area contributed by atoms with E-state index in [0.717, 1.165) is 50.9 Å². The standard InChI is InChI=1S/C17H25NO3/c1-2-10-17(16(19)20)11-6-12-18(17)13-7-14-21-15-8-4-3-5-9-15/h3-5,8-9H,2,6-7,10-14H2,1H3,(H,19,20). The van der Waals surface area contributed by atoms with Crippen molar-refractivity contribution in [3.8, 4) is 5.75 Å². The second-order valence-corrected chi connectivity index (χ2v) is 5.69. The van der Waals surface area contributed by atoms with Crippen molar-refractivity contribution in [2.45, 2.75) is 44.6 Å². The molecule has 1 aliphatic heterocycles. The Hall–Kier alpha value is -1.55. The lowest BCUT2D eigenvalue weighted by molar-refractivity contribution is -0.150. The first-order valence-electron chi connectivity index (χ1n) is 7.85. The first-order chi connectivity index (χ1) is 10.2. The van der Waals surface area contributed by atoms with Crippen LogP contribution in [0, 0.1) is 0 Å². The number of para-hydroxylation sites is 1. The summed E-state index contributed by atoms with van der Waals surface area (Å²) in [5.41, 5.74) is -0.637. The number of carboxylic acid groups (broad SMARTS) is 1. The highest BCUT2D eigenvalue weighted by Crippen LogP contribution is 2.34. The van der Waals surface area contributed by atoms with E-state index in [1.54, 1.807) is 0 Å². The molecular formula is C17H25NO3. The Morgan fingerprint density at radius 2 is 2.14 bits per heavy atom. The largest absolute Gasteiger partial charge is 0.494 e. The van der Waals surface area contributed by atoms with Crippen molar-refractivity contribution >= 4 is 5.97 Å². The maximum absolute atomic E-state index is 11.7. The molecule has 4 nitrogen and oxygen atoms in total. The van der Waals surface area contributed by atoms with Crippen LogP contribution in [0.3, 0.4) is 0 Å². The van der Waals surface area contributed by atoms with E-state index in [1.807, 2.05) is 30.3 Å². The summed E-state index contributed by atoms with van der Waals surface area (Å²) in [6.45, 7) is 4.36. The number of hydrogen-bond donors (Lipinski definition) is 1. The molecule has 0 aromatic heterocycles. The molecule has 0 bridgehead atoms. The van der Waals surface area contributed by atoms with Crippen LogP contribution in [0.15, 0.2) is 30.3 Å². The quantitative estimate of drug-likeness (QED) is 0.747. The predicted octanol–water partition coefficient (Wildman–Crippen LogP) is 3.17. The molecule has 2 rings (SSSR count). The average Bonchev–Trinajstić information content (AvgIpc) is 2.89. The number of carboxylic acids is 1. The van der Waals surface area contributed by atoms with E-state index < -0.39 is 11.5 Å². The van der Waals surface area contributed by atoms with Gasteiger partial charge in [0.05, 0.1) is 6.61 Å². The molecule has 4 heteroatoms. The third kappa shape index (κ3) is 3.76. The van der Waals surface area contributed by atoms with Gasteiger partial charge < -0.3 is 9.84 Å². The van der Waals surface area contributed by atoms with Crippen LogP contribution in [0.1, 0.15) is 39.0 Å². The van der Waals surface area contributed by atoms with Crippen LogP contribution in [0.5, 0.6) is 5.75 Å². The van der Waals surface area contributed by atoms with Crippen molar-refractivity contribution in [2.75, 3.05) is 19.7 Å². The summed E-state index contributed by atoms with van der Waals surface area (Å²) in [5.74, 6) is 0.211. The SMILES string of the molecule is CCCC1(C(=O)O)CCCN1CCCOc1ccccc1. The van der Waals surface area contributed by atoms with Gasteiger partial charge in [-0.2, -0.15) is 0 Å². The summed E-state index contributed by atoms with van der Waals surface area (Å²) in [5, 5.41) is 9.63. The highest BCUT2D eigenvalue weighted by atomic mass is 16.5. The van der Waals surface area contributed by atoms with Gasteiger partial charge in [-0.25, -0.2) is 0 Å². The fourth-order valence-electron chi connectivity index (χ4n) is 3.27. The Bertz CT molecular complexity index is 449. The van der Waals surface area contributed by atoms with Crippen LogP contribution in [0.2, 0.25) is 0 Å². The van der Waals surface area contributed by atoms with Crippen LogP contribution in [-0.4, -0.2) is 41.2 Å². The smallest absolute Gasteiger partial charge is 0.324 e. The molecule has 21 heavy (non-hydrogen) atoms. The van der Waals surface area contributed by atoms with Gasteiger partial charge in [-0.15, -0.1) is 0 Å². The number of hydrogen-bond acceptors (Lipinski definition) is 3. The number of carbonyl (C=O) groups is 1. The third-order valence-corrected chi connectivity index (χ3v) is 4.27. The molecule has 1 atom stereocenters. The number of nitrogens with zero attached hydrogens (tertiary/aromatic N) is 1. The Morgan fingerprint density at radius 3 is 2.81 bits per heavy atom. The van der Waals surface area contributed by atoms with Gasteiger partial charge >= 0.3 is 5.97 Å². The normalized spacial score (nSPS) is 22.3. The summed E-state index contributed by atoms with van der Waals surface area (Å²) in [4.78, 5) is 13.9. The Morgan fingerprint density at radius 1 is 1.38 bits per heavy atom. The molecule has 0 saturated carbocycles. The van der Waals surface area contributed by atoms with Crippen LogP contribution in [0.4, 0.5) is 0 Å². The van der Waals surface area contributed by atoms with Crippen LogP contribution >= 0.6 is 0 Å². The van der Waals surface area contributed by atoms with Crippen molar-refractivity contribution in [1.82, 2.24) is 4.90 Å². The van der Waals surface area contributed by atoms with E-state index in [2.05, 4.69) is 11.8 Å². The lowest BCUT2D eigenvalue weighted by Gasteiger charge is -2.34. The van der Waals surface area contributed by atoms with E-state index in [4.69, 9.17) is 4.74 Å². The van der Waals surface area contributed by atoms with E-state index >= 15 is 0 Å². The third-order valence-electron chi connectivity index (χ3n) is 4.27. The topological polar surface area (TPSA) is 49.8 Å². The molecule has 0 spiro atoms. The van der Waals surface area contributed by atoms with Crippen LogP contribution in [0.25, 0.3) is 0 Å². The molecule has 1 heterocycles. The van der Waals surface area contributed by atoms with E-state index in [-0.39, 0.29) is 0 Å². The molecule has 116 valence electrons. The van der Waals surface area contributed by atoms with Crippen molar-refractivity contribution in [3.05, 3.63) is 30.3 Å². The van der Waals surface area contributed by atoms with Gasteiger partial charge in [-0.05, 0) is 44.4 Å². The number of likely N-dealkylation sites (tertiary alicyclic amines) is 1. The van der Waals surface area contributed by atoms with Crippen molar-refractivity contribution < 1.29 is 14.6 Å². The Labute approximate surface area is 126 Å². The molecule has 0 radical (unpaired) electrons. The van der Waals surface area contributed by atoms with Gasteiger partial charge in [0.15, 0.2) is 0 Å². The molecule has 1 aromatic carbocycles. The minimum atomic E-state index is -0.661. The molecule has 1 N–H and O–H groups in total. The summed E-state index contributed by atoms with van der Waals surface area (Å²) in [7, 11) is 0. The second-order valence-electron chi connectivity index (χ2n) is 5.69. The lowest BCUT2D eigenvalue weighted by Crippen LogP contribution is -2.50. The zero-order valence-electron chi connectivity index (χ0n) is 12.8. The first kappa shape index (κ1) is 15.8. The Balaban J connectivity index is 1.82. The molecular weight excluding hydrogens is 266 g/mol. The van der Waals surface area contributed by atoms with Gasteiger partial charge in [-0.1, -0.05) is 31.5 Å². The molecule has 0 amide bonds. The van der Waals surface area contributed by atoms with Gasteiger partial charge in [-0.3, -0.25) is 9.69 Å². The minimum absolute atomic E-state index is 0.627. The summed E-state index contributed by atoms with van der Waals surface area (Å²) in [6.07, 6.45) is 4.25. The average molecular weight is 291 g/mol. The van der Waals surface area contributed by atoms with Crippen molar-refractivity contribution in [3.63, 3.8) is 0 Å². The minimum Gasteiger partial charge on any atom is -0.494 e. The molecule has 1 saturated heterocycles. The summed E-state index contributed by atoms with van der Waals surface area (Å²) < 4.78 is 5.68. The zero-order valence-corrected chi connectivity index (χ0v) is 12.8. The fourth-order valence-corrected chi connectivity index (χ4v) is 3.27. The molecule has 1 aromatic rings.